The van der Waals surface area contributed by atoms with E-state index in [-0.39, 0.29) is 16.8 Å². The summed E-state index contributed by atoms with van der Waals surface area (Å²) >= 11 is 0. The van der Waals surface area contributed by atoms with Gasteiger partial charge in [-0.15, -0.1) is 0 Å². The van der Waals surface area contributed by atoms with Crippen LogP contribution in [-0.2, 0) is 20.2 Å². The SMILES string of the molecule is Nc1ccc(/C=C\c2ccc([N+](=O)[O-])cc2S(=O)(=O)O)c(S(=O)(=O)O)c1. The first-order chi connectivity index (χ1) is 11.9. The molecule has 2 rings (SSSR count). The van der Waals surface area contributed by atoms with E-state index in [1.807, 2.05) is 0 Å². The number of nitro groups is 1. The molecule has 12 heteroatoms. The highest BCUT2D eigenvalue weighted by Crippen LogP contribution is 2.26. The zero-order chi connectivity index (χ0) is 19.7. The molecule has 2 aromatic carbocycles. The summed E-state index contributed by atoms with van der Waals surface area (Å²) in [6.45, 7) is 0. The van der Waals surface area contributed by atoms with Crippen molar-refractivity contribution in [2.75, 3.05) is 5.73 Å². The molecular formula is C14H12N2O8S2. The molecule has 0 aliphatic heterocycles. The molecule has 0 atom stereocenters. The third kappa shape index (κ3) is 4.43. The number of anilines is 1. The molecule has 0 amide bonds. The van der Waals surface area contributed by atoms with Crippen LogP contribution in [0.15, 0.2) is 46.2 Å². The Morgan fingerprint density at radius 1 is 0.885 bits per heavy atom. The average Bonchev–Trinajstić information content (AvgIpc) is 2.51. The van der Waals surface area contributed by atoms with Crippen LogP contribution in [0.1, 0.15) is 11.1 Å². The van der Waals surface area contributed by atoms with Crippen molar-refractivity contribution >= 4 is 43.8 Å². The Bertz CT molecular complexity index is 1120. The van der Waals surface area contributed by atoms with Crippen molar-refractivity contribution in [2.45, 2.75) is 9.79 Å². The van der Waals surface area contributed by atoms with Crippen molar-refractivity contribution in [2.24, 2.45) is 0 Å². The highest BCUT2D eigenvalue weighted by Gasteiger charge is 2.19. The first-order valence-electron chi connectivity index (χ1n) is 6.70. The average molecular weight is 400 g/mol. The second-order valence-corrected chi connectivity index (χ2v) is 7.84. The summed E-state index contributed by atoms with van der Waals surface area (Å²) in [7, 11) is -9.39. The summed E-state index contributed by atoms with van der Waals surface area (Å²) in [5.74, 6) is 0. The fourth-order valence-electron chi connectivity index (χ4n) is 2.09. The van der Waals surface area contributed by atoms with Gasteiger partial charge in [0.15, 0.2) is 0 Å². The van der Waals surface area contributed by atoms with E-state index < -0.39 is 40.6 Å². The maximum Gasteiger partial charge on any atom is 0.295 e. The molecule has 0 fully saturated rings. The maximum absolute atomic E-state index is 11.5. The van der Waals surface area contributed by atoms with Gasteiger partial charge in [0.2, 0.25) is 0 Å². The molecule has 0 bridgehead atoms. The Kier molecular flexibility index (Phi) is 5.13. The lowest BCUT2D eigenvalue weighted by Gasteiger charge is -2.06. The molecule has 0 radical (unpaired) electrons. The minimum absolute atomic E-state index is 0.0126. The Balaban J connectivity index is 2.61. The highest BCUT2D eigenvalue weighted by molar-refractivity contribution is 7.86. The molecule has 0 saturated carbocycles. The van der Waals surface area contributed by atoms with Crippen molar-refractivity contribution in [1.82, 2.24) is 0 Å². The molecule has 138 valence electrons. The molecular weight excluding hydrogens is 388 g/mol. The second-order valence-electron chi connectivity index (χ2n) is 5.06. The Hall–Kier alpha value is -2.80. The first kappa shape index (κ1) is 19.5. The molecule has 10 nitrogen and oxygen atoms in total. The Morgan fingerprint density at radius 2 is 1.35 bits per heavy atom. The molecule has 26 heavy (non-hydrogen) atoms. The summed E-state index contributed by atoms with van der Waals surface area (Å²) in [5, 5.41) is 10.8. The lowest BCUT2D eigenvalue weighted by atomic mass is 10.1. The van der Waals surface area contributed by atoms with E-state index in [4.69, 9.17) is 5.73 Å². The fourth-order valence-corrected chi connectivity index (χ4v) is 3.51. The van der Waals surface area contributed by atoms with E-state index in [1.54, 1.807) is 0 Å². The van der Waals surface area contributed by atoms with Gasteiger partial charge in [0.1, 0.15) is 9.79 Å². The lowest BCUT2D eigenvalue weighted by Crippen LogP contribution is -2.03. The number of hydrogen-bond acceptors (Lipinski definition) is 7. The fraction of sp³-hybridized carbons (Fsp3) is 0. The van der Waals surface area contributed by atoms with Crippen LogP contribution >= 0.6 is 0 Å². The van der Waals surface area contributed by atoms with Crippen LogP contribution in [-0.4, -0.2) is 30.9 Å². The van der Waals surface area contributed by atoms with Gasteiger partial charge in [-0.1, -0.05) is 18.2 Å². The van der Waals surface area contributed by atoms with E-state index in [0.29, 0.717) is 6.07 Å². The number of nitro benzene ring substituents is 1. The van der Waals surface area contributed by atoms with Crippen LogP contribution in [0.4, 0.5) is 11.4 Å². The molecule has 0 heterocycles. The number of rotatable bonds is 5. The smallest absolute Gasteiger partial charge is 0.295 e. The quantitative estimate of drug-likeness (QED) is 0.222. The van der Waals surface area contributed by atoms with Gasteiger partial charge >= 0.3 is 0 Å². The summed E-state index contributed by atoms with van der Waals surface area (Å²) in [4.78, 5) is 8.69. The third-order valence-corrected chi connectivity index (χ3v) is 5.06. The van der Waals surface area contributed by atoms with Crippen molar-refractivity contribution < 1.29 is 30.9 Å². The minimum Gasteiger partial charge on any atom is -0.399 e. The van der Waals surface area contributed by atoms with Crippen molar-refractivity contribution in [3.05, 3.63) is 57.6 Å². The van der Waals surface area contributed by atoms with E-state index in [1.165, 1.54) is 12.1 Å². The van der Waals surface area contributed by atoms with Gasteiger partial charge in [-0.25, -0.2) is 0 Å². The normalized spacial score (nSPS) is 12.4. The standard InChI is InChI=1S/C14H12N2O8S2/c15-11-5-3-9(13(7-11)25(19,20)21)1-2-10-4-6-12(16(17)18)8-14(10)26(22,23)24/h1-8H,15H2,(H,19,20,21)(H,22,23,24)/b2-1-. The summed E-state index contributed by atoms with van der Waals surface area (Å²) in [6.07, 6.45) is 2.27. The Labute approximate surface area is 148 Å². The number of nitrogens with zero attached hydrogens (tertiary/aromatic N) is 1. The van der Waals surface area contributed by atoms with Gasteiger partial charge in [-0.2, -0.15) is 16.8 Å². The monoisotopic (exact) mass is 400 g/mol. The molecule has 0 aromatic heterocycles. The highest BCUT2D eigenvalue weighted by atomic mass is 32.2. The van der Waals surface area contributed by atoms with Crippen molar-refractivity contribution in [3.8, 4) is 0 Å². The zero-order valence-electron chi connectivity index (χ0n) is 12.8. The summed E-state index contributed by atoms with van der Waals surface area (Å²) in [6, 6.07) is 6.39. The topological polar surface area (TPSA) is 178 Å². The number of nitrogen functional groups attached to an aromatic ring is 1. The molecule has 4 N–H and O–H groups in total. The second kappa shape index (κ2) is 6.84. The number of hydrogen-bond donors (Lipinski definition) is 3. The Morgan fingerprint density at radius 3 is 1.81 bits per heavy atom. The summed E-state index contributed by atoms with van der Waals surface area (Å²) in [5.41, 5.74) is 4.86. The van der Waals surface area contributed by atoms with Gasteiger partial charge in [0.25, 0.3) is 25.9 Å². The zero-order valence-corrected chi connectivity index (χ0v) is 14.4. The van der Waals surface area contributed by atoms with Crippen LogP contribution in [0.2, 0.25) is 0 Å². The van der Waals surface area contributed by atoms with E-state index in [2.05, 4.69) is 0 Å². The molecule has 0 aliphatic carbocycles. The van der Waals surface area contributed by atoms with Gasteiger partial charge < -0.3 is 5.73 Å². The first-order valence-corrected chi connectivity index (χ1v) is 9.58. The maximum atomic E-state index is 11.5. The van der Waals surface area contributed by atoms with E-state index in [0.717, 1.165) is 30.4 Å². The largest absolute Gasteiger partial charge is 0.399 e. The van der Waals surface area contributed by atoms with Crippen LogP contribution in [0, 0.1) is 10.1 Å². The van der Waals surface area contributed by atoms with Gasteiger partial charge in [0.05, 0.1) is 4.92 Å². The number of benzene rings is 2. The van der Waals surface area contributed by atoms with Crippen molar-refractivity contribution in [1.29, 1.82) is 0 Å². The molecule has 0 saturated heterocycles. The van der Waals surface area contributed by atoms with Gasteiger partial charge in [0, 0.05) is 17.8 Å². The van der Waals surface area contributed by atoms with Crippen LogP contribution in [0.5, 0.6) is 0 Å². The third-order valence-electron chi connectivity index (χ3n) is 3.24. The number of non-ortho nitro benzene ring substituents is 1. The van der Waals surface area contributed by atoms with E-state index >= 15 is 0 Å². The van der Waals surface area contributed by atoms with Crippen molar-refractivity contribution in [3.63, 3.8) is 0 Å². The number of nitrogens with two attached hydrogens (primary N) is 1. The van der Waals surface area contributed by atoms with Crippen LogP contribution in [0.3, 0.4) is 0 Å². The minimum atomic E-state index is -4.78. The molecule has 0 spiro atoms. The van der Waals surface area contributed by atoms with E-state index in [9.17, 15) is 36.1 Å². The molecule has 0 unspecified atom stereocenters. The van der Waals surface area contributed by atoms with Crippen LogP contribution < -0.4 is 5.73 Å². The molecule has 0 aliphatic rings. The summed E-state index contributed by atoms with van der Waals surface area (Å²) < 4.78 is 64.3. The predicted octanol–water partition coefficient (Wildman–Crippen LogP) is 1.84. The van der Waals surface area contributed by atoms with Crippen LogP contribution in [0.25, 0.3) is 12.2 Å². The van der Waals surface area contributed by atoms with Gasteiger partial charge in [-0.3, -0.25) is 19.2 Å². The molecule has 2 aromatic rings. The van der Waals surface area contributed by atoms with Gasteiger partial charge in [-0.05, 0) is 29.3 Å². The lowest BCUT2D eigenvalue weighted by molar-refractivity contribution is -0.385. The predicted molar refractivity (Wildman–Crippen MR) is 92.5 cm³/mol.